The maximum atomic E-state index is 5.70. The third-order valence-corrected chi connectivity index (χ3v) is 3.16. The smallest absolute Gasteiger partial charge is 0.393 e. The summed E-state index contributed by atoms with van der Waals surface area (Å²) in [7, 11) is 0. The Balaban J connectivity index is 2.21. The fourth-order valence-corrected chi connectivity index (χ4v) is 2.00. The van der Waals surface area contributed by atoms with Gasteiger partial charge in [-0.25, -0.2) is 0 Å². The van der Waals surface area contributed by atoms with E-state index >= 15 is 0 Å². The molecule has 0 aliphatic heterocycles. The van der Waals surface area contributed by atoms with Gasteiger partial charge in [0.25, 0.3) is 0 Å². The zero-order valence-electron chi connectivity index (χ0n) is 13.4. The zero-order valence-corrected chi connectivity index (χ0v) is 13.4. The average Bonchev–Trinajstić information content (AvgIpc) is 2.82. The standard InChI is InChI=1S/C16H30N2O2/c1-5-6-7-8-9-14(4)20-16-18-15(12-19-16)11-17-10-13(2)3/h12-14,17H,5-11H2,1-4H3. The Kier molecular flexibility index (Phi) is 8.35. The molecule has 0 bridgehead atoms. The number of hydrogen-bond donors (Lipinski definition) is 1. The van der Waals surface area contributed by atoms with Crippen LogP contribution in [0.5, 0.6) is 6.08 Å². The molecule has 1 aromatic heterocycles. The van der Waals surface area contributed by atoms with Gasteiger partial charge in [-0.15, -0.1) is 0 Å². The van der Waals surface area contributed by atoms with E-state index in [4.69, 9.17) is 9.15 Å². The normalized spacial score (nSPS) is 12.8. The van der Waals surface area contributed by atoms with Crippen molar-refractivity contribution in [3.8, 4) is 6.08 Å². The van der Waals surface area contributed by atoms with Crippen LogP contribution in [0.2, 0.25) is 0 Å². The molecule has 4 heteroatoms. The molecule has 0 amide bonds. The molecule has 4 nitrogen and oxygen atoms in total. The molecule has 0 aliphatic carbocycles. The molecule has 1 atom stereocenters. The first kappa shape index (κ1) is 17.0. The first-order valence-corrected chi connectivity index (χ1v) is 7.93. The Labute approximate surface area is 123 Å². The van der Waals surface area contributed by atoms with Gasteiger partial charge in [0.05, 0.1) is 5.69 Å². The minimum atomic E-state index is 0.168. The number of rotatable bonds is 11. The van der Waals surface area contributed by atoms with E-state index in [0.717, 1.165) is 25.2 Å². The largest absolute Gasteiger partial charge is 0.447 e. The molecule has 0 fully saturated rings. The summed E-state index contributed by atoms with van der Waals surface area (Å²) in [5.74, 6) is 0.640. The van der Waals surface area contributed by atoms with Crippen molar-refractivity contribution in [2.24, 2.45) is 5.92 Å². The molecule has 116 valence electrons. The molecule has 0 saturated carbocycles. The van der Waals surface area contributed by atoms with Crippen molar-refractivity contribution >= 4 is 0 Å². The predicted octanol–water partition coefficient (Wildman–Crippen LogP) is 4.16. The fourth-order valence-electron chi connectivity index (χ4n) is 2.00. The third kappa shape index (κ3) is 7.53. The van der Waals surface area contributed by atoms with Crippen LogP contribution < -0.4 is 10.1 Å². The van der Waals surface area contributed by atoms with Gasteiger partial charge in [0.1, 0.15) is 12.4 Å². The van der Waals surface area contributed by atoms with Crippen molar-refractivity contribution in [3.05, 3.63) is 12.0 Å². The van der Waals surface area contributed by atoms with E-state index in [0.29, 0.717) is 12.0 Å². The SMILES string of the molecule is CCCCCCC(C)Oc1nc(CNCC(C)C)co1. The molecule has 1 unspecified atom stereocenters. The molecule has 0 aliphatic rings. The van der Waals surface area contributed by atoms with Gasteiger partial charge in [0, 0.05) is 6.54 Å². The lowest BCUT2D eigenvalue weighted by Crippen LogP contribution is -2.19. The van der Waals surface area contributed by atoms with Gasteiger partial charge in [-0.2, -0.15) is 4.98 Å². The number of nitrogens with one attached hydrogen (secondary N) is 1. The molecule has 20 heavy (non-hydrogen) atoms. The second kappa shape index (κ2) is 9.81. The quantitative estimate of drug-likeness (QED) is 0.619. The fraction of sp³-hybridized carbons (Fsp3) is 0.812. The minimum Gasteiger partial charge on any atom is -0.447 e. The lowest BCUT2D eigenvalue weighted by atomic mass is 10.1. The Morgan fingerprint density at radius 1 is 1.25 bits per heavy atom. The molecule has 1 N–H and O–H groups in total. The first-order chi connectivity index (χ1) is 9.61. The van der Waals surface area contributed by atoms with Crippen LogP contribution in [0.1, 0.15) is 65.5 Å². The monoisotopic (exact) mass is 282 g/mol. The number of oxazole rings is 1. The molecular weight excluding hydrogens is 252 g/mol. The molecule has 0 aromatic carbocycles. The van der Waals surface area contributed by atoms with E-state index in [9.17, 15) is 0 Å². The van der Waals surface area contributed by atoms with Gasteiger partial charge in [-0.05, 0) is 32.2 Å². The van der Waals surface area contributed by atoms with Crippen LogP contribution in [0.4, 0.5) is 0 Å². The van der Waals surface area contributed by atoms with Gasteiger partial charge in [0.15, 0.2) is 0 Å². The highest BCUT2D eigenvalue weighted by molar-refractivity contribution is 4.99. The first-order valence-electron chi connectivity index (χ1n) is 7.93. The summed E-state index contributed by atoms with van der Waals surface area (Å²) in [4.78, 5) is 4.34. The maximum absolute atomic E-state index is 5.70. The minimum absolute atomic E-state index is 0.168. The van der Waals surface area contributed by atoms with Crippen LogP contribution in [0.3, 0.4) is 0 Å². The second-order valence-electron chi connectivity index (χ2n) is 5.91. The van der Waals surface area contributed by atoms with Gasteiger partial charge < -0.3 is 14.5 Å². The molecule has 0 radical (unpaired) electrons. The van der Waals surface area contributed by atoms with Crippen molar-refractivity contribution in [2.45, 2.75) is 72.4 Å². The van der Waals surface area contributed by atoms with Gasteiger partial charge in [0.2, 0.25) is 0 Å². The summed E-state index contributed by atoms with van der Waals surface area (Å²) >= 11 is 0. The summed E-state index contributed by atoms with van der Waals surface area (Å²) in [6.45, 7) is 10.4. The van der Waals surface area contributed by atoms with Gasteiger partial charge >= 0.3 is 6.08 Å². The Bertz CT molecular complexity index is 350. The van der Waals surface area contributed by atoms with Crippen LogP contribution in [-0.4, -0.2) is 17.6 Å². The highest BCUT2D eigenvalue weighted by Crippen LogP contribution is 2.15. The third-order valence-electron chi connectivity index (χ3n) is 3.16. The van der Waals surface area contributed by atoms with Crippen LogP contribution in [0.15, 0.2) is 10.7 Å². The van der Waals surface area contributed by atoms with Gasteiger partial charge in [-0.1, -0.05) is 40.0 Å². The van der Waals surface area contributed by atoms with E-state index < -0.39 is 0 Å². The Hall–Kier alpha value is -1.03. The number of aromatic nitrogens is 1. The highest BCUT2D eigenvalue weighted by atomic mass is 16.6. The molecule has 0 saturated heterocycles. The molecular formula is C16H30N2O2. The number of ether oxygens (including phenoxy) is 1. The van der Waals surface area contributed by atoms with E-state index in [1.165, 1.54) is 25.7 Å². The molecule has 0 spiro atoms. The lowest BCUT2D eigenvalue weighted by molar-refractivity contribution is 0.151. The van der Waals surface area contributed by atoms with Crippen LogP contribution in [0.25, 0.3) is 0 Å². The zero-order chi connectivity index (χ0) is 14.8. The van der Waals surface area contributed by atoms with Crippen molar-refractivity contribution in [3.63, 3.8) is 0 Å². The second-order valence-corrected chi connectivity index (χ2v) is 5.91. The van der Waals surface area contributed by atoms with E-state index in [2.05, 4.69) is 38.0 Å². The Morgan fingerprint density at radius 2 is 2.05 bits per heavy atom. The van der Waals surface area contributed by atoms with Crippen molar-refractivity contribution in [1.29, 1.82) is 0 Å². The molecule has 1 heterocycles. The van der Waals surface area contributed by atoms with E-state index in [1.807, 2.05) is 0 Å². The summed E-state index contributed by atoms with van der Waals surface area (Å²) in [5.41, 5.74) is 0.902. The summed E-state index contributed by atoms with van der Waals surface area (Å²) in [6.07, 6.45) is 8.35. The maximum Gasteiger partial charge on any atom is 0.393 e. The number of nitrogens with zero attached hydrogens (tertiary/aromatic N) is 1. The average molecular weight is 282 g/mol. The summed E-state index contributed by atoms with van der Waals surface area (Å²) in [6, 6.07) is 0. The van der Waals surface area contributed by atoms with Crippen molar-refractivity contribution in [2.75, 3.05) is 6.54 Å². The lowest BCUT2D eigenvalue weighted by Gasteiger charge is -2.10. The number of hydrogen-bond acceptors (Lipinski definition) is 4. The van der Waals surface area contributed by atoms with Crippen molar-refractivity contribution in [1.82, 2.24) is 10.3 Å². The predicted molar refractivity (Wildman–Crippen MR) is 81.9 cm³/mol. The topological polar surface area (TPSA) is 47.3 Å². The van der Waals surface area contributed by atoms with Crippen molar-refractivity contribution < 1.29 is 9.15 Å². The van der Waals surface area contributed by atoms with Crippen LogP contribution in [-0.2, 0) is 6.54 Å². The summed E-state index contributed by atoms with van der Waals surface area (Å²) < 4.78 is 11.0. The van der Waals surface area contributed by atoms with E-state index in [-0.39, 0.29) is 6.10 Å². The van der Waals surface area contributed by atoms with Crippen LogP contribution in [0, 0.1) is 5.92 Å². The molecule has 1 rings (SSSR count). The highest BCUT2D eigenvalue weighted by Gasteiger charge is 2.09. The van der Waals surface area contributed by atoms with Crippen LogP contribution >= 0.6 is 0 Å². The molecule has 1 aromatic rings. The van der Waals surface area contributed by atoms with Gasteiger partial charge in [-0.3, -0.25) is 0 Å². The summed E-state index contributed by atoms with van der Waals surface area (Å²) in [5, 5.41) is 3.34. The number of unbranched alkanes of at least 4 members (excludes halogenated alkanes) is 3. The van der Waals surface area contributed by atoms with E-state index in [1.54, 1.807) is 6.26 Å². The Morgan fingerprint density at radius 3 is 2.75 bits per heavy atom.